The molecule has 1 unspecified atom stereocenters. The summed E-state index contributed by atoms with van der Waals surface area (Å²) in [6.45, 7) is 12.1. The smallest absolute Gasteiger partial charge is 0.320 e. The Morgan fingerprint density at radius 3 is 2.12 bits per heavy atom. The van der Waals surface area contributed by atoms with Crippen LogP contribution in [0.25, 0.3) is 0 Å². The number of hydrogen-bond acceptors (Lipinski definition) is 5. The zero-order valence-electron chi connectivity index (χ0n) is 16.1. The second kappa shape index (κ2) is 10.3. The van der Waals surface area contributed by atoms with Gasteiger partial charge in [0.2, 0.25) is 0 Å². The van der Waals surface area contributed by atoms with Crippen molar-refractivity contribution in [2.24, 2.45) is 11.3 Å². The normalized spacial score (nSPS) is 13.0. The number of carbonyl (C=O) groups excluding carboxylic acids is 2. The Morgan fingerprint density at radius 2 is 1.62 bits per heavy atom. The van der Waals surface area contributed by atoms with Gasteiger partial charge in [0.1, 0.15) is 5.60 Å². The quantitative estimate of drug-likeness (QED) is 0.353. The van der Waals surface area contributed by atoms with E-state index in [0.717, 1.165) is 25.7 Å². The molecule has 5 heteroatoms. The maximum absolute atomic E-state index is 12.1. The highest BCUT2D eigenvalue weighted by Gasteiger charge is 2.32. The minimum absolute atomic E-state index is 0.116. The first-order valence-electron chi connectivity index (χ1n) is 8.73. The summed E-state index contributed by atoms with van der Waals surface area (Å²) in [5, 5.41) is 8.70. The molecule has 1 atom stereocenters. The Hall–Kier alpha value is -1.57. The number of unbranched alkanes of at least 4 members (excludes halogenated alkanes) is 2. The van der Waals surface area contributed by atoms with Crippen LogP contribution in [-0.4, -0.2) is 24.1 Å². The highest BCUT2D eigenvalue weighted by atomic mass is 16.6. The number of esters is 2. The third kappa shape index (κ3) is 11.9. The molecule has 0 aliphatic rings. The maximum Gasteiger partial charge on any atom is 0.320 e. The van der Waals surface area contributed by atoms with Crippen molar-refractivity contribution in [3.05, 3.63) is 0 Å². The number of carbonyl (C=O) groups is 2. The van der Waals surface area contributed by atoms with Crippen molar-refractivity contribution >= 4 is 11.9 Å². The van der Waals surface area contributed by atoms with Crippen molar-refractivity contribution in [1.82, 2.24) is 0 Å². The summed E-state index contributed by atoms with van der Waals surface area (Å²) in [7, 11) is 0. The van der Waals surface area contributed by atoms with Crippen molar-refractivity contribution in [3.8, 4) is 6.07 Å². The van der Waals surface area contributed by atoms with E-state index in [1.807, 2.05) is 6.07 Å². The van der Waals surface area contributed by atoms with Crippen LogP contribution in [0, 0.1) is 22.7 Å². The van der Waals surface area contributed by atoms with Crippen LogP contribution >= 0.6 is 0 Å². The van der Waals surface area contributed by atoms with Crippen LogP contribution < -0.4 is 0 Å². The predicted molar refractivity (Wildman–Crippen MR) is 93.1 cm³/mol. The van der Waals surface area contributed by atoms with E-state index in [4.69, 9.17) is 14.7 Å². The van der Waals surface area contributed by atoms with E-state index in [2.05, 4.69) is 20.8 Å². The van der Waals surface area contributed by atoms with Gasteiger partial charge in [0.15, 0.2) is 5.92 Å². The average Bonchev–Trinajstić information content (AvgIpc) is 2.39. The number of nitrogens with zero attached hydrogens (tertiary/aromatic N) is 1. The third-order valence-electron chi connectivity index (χ3n) is 3.34. The topological polar surface area (TPSA) is 76.4 Å². The molecule has 0 aromatic carbocycles. The lowest BCUT2D eigenvalue weighted by atomic mass is 9.89. The Balaban J connectivity index is 4.31. The molecule has 0 aromatic heterocycles. The van der Waals surface area contributed by atoms with Crippen molar-refractivity contribution in [1.29, 1.82) is 5.26 Å². The fourth-order valence-electron chi connectivity index (χ4n) is 2.12. The minimum atomic E-state index is -1.02. The second-order valence-electron chi connectivity index (χ2n) is 8.32. The minimum Gasteiger partial charge on any atom is -0.465 e. The first-order chi connectivity index (χ1) is 11.0. The molecule has 0 aliphatic heterocycles. The summed E-state index contributed by atoms with van der Waals surface area (Å²) < 4.78 is 10.5. The number of nitriles is 1. The Morgan fingerprint density at radius 1 is 1.00 bits per heavy atom. The lowest BCUT2D eigenvalue weighted by molar-refractivity contribution is -0.169. The standard InChI is InChI=1S/C19H33NO4/c1-18(2,3)12-8-7-9-14-23-16(21)15(11-10-13-20)17(22)24-19(4,5)6/h15H,7-12,14H2,1-6H3. The van der Waals surface area contributed by atoms with E-state index in [0.29, 0.717) is 12.0 Å². The van der Waals surface area contributed by atoms with Crippen LogP contribution in [0.1, 0.15) is 80.1 Å². The molecule has 0 saturated heterocycles. The summed E-state index contributed by atoms with van der Waals surface area (Å²) in [6.07, 6.45) is 4.23. The van der Waals surface area contributed by atoms with E-state index < -0.39 is 23.5 Å². The maximum atomic E-state index is 12.1. The van der Waals surface area contributed by atoms with Gasteiger partial charge in [0.25, 0.3) is 0 Å². The number of rotatable bonds is 9. The van der Waals surface area contributed by atoms with Crippen LogP contribution in [-0.2, 0) is 19.1 Å². The average molecular weight is 339 g/mol. The molecule has 24 heavy (non-hydrogen) atoms. The first kappa shape index (κ1) is 22.4. The van der Waals surface area contributed by atoms with Gasteiger partial charge in [0.05, 0.1) is 12.7 Å². The van der Waals surface area contributed by atoms with Crippen molar-refractivity contribution in [3.63, 3.8) is 0 Å². The highest BCUT2D eigenvalue weighted by Crippen LogP contribution is 2.22. The molecular formula is C19H33NO4. The molecule has 0 aromatic rings. The molecule has 0 aliphatic carbocycles. The molecular weight excluding hydrogens is 306 g/mol. The molecule has 5 nitrogen and oxygen atoms in total. The second-order valence-corrected chi connectivity index (χ2v) is 8.32. The Kier molecular flexibility index (Phi) is 9.65. The zero-order valence-corrected chi connectivity index (χ0v) is 16.1. The molecule has 0 radical (unpaired) electrons. The predicted octanol–water partition coefficient (Wildman–Crippen LogP) is 4.40. The van der Waals surface area contributed by atoms with Crippen LogP contribution in [0.5, 0.6) is 0 Å². The van der Waals surface area contributed by atoms with E-state index >= 15 is 0 Å². The zero-order chi connectivity index (χ0) is 18.8. The van der Waals surface area contributed by atoms with Gasteiger partial charge in [-0.15, -0.1) is 0 Å². The summed E-state index contributed by atoms with van der Waals surface area (Å²) in [6, 6.07) is 1.95. The molecule has 0 fully saturated rings. The lowest BCUT2D eigenvalue weighted by Gasteiger charge is -2.23. The number of hydrogen-bond donors (Lipinski definition) is 0. The van der Waals surface area contributed by atoms with Gasteiger partial charge < -0.3 is 9.47 Å². The van der Waals surface area contributed by atoms with Crippen LogP contribution in [0.15, 0.2) is 0 Å². The third-order valence-corrected chi connectivity index (χ3v) is 3.34. The van der Waals surface area contributed by atoms with Crippen molar-refractivity contribution in [2.75, 3.05) is 6.61 Å². The van der Waals surface area contributed by atoms with Crippen LogP contribution in [0.4, 0.5) is 0 Å². The molecule has 0 spiro atoms. The van der Waals surface area contributed by atoms with Crippen LogP contribution in [0.2, 0.25) is 0 Å². The monoisotopic (exact) mass is 339 g/mol. The van der Waals surface area contributed by atoms with Crippen LogP contribution in [0.3, 0.4) is 0 Å². The summed E-state index contributed by atoms with van der Waals surface area (Å²) >= 11 is 0. The van der Waals surface area contributed by atoms with E-state index in [1.54, 1.807) is 20.8 Å². The van der Waals surface area contributed by atoms with E-state index in [1.165, 1.54) is 0 Å². The molecule has 0 saturated carbocycles. The summed E-state index contributed by atoms with van der Waals surface area (Å²) in [5.74, 6) is -2.22. The van der Waals surface area contributed by atoms with Gasteiger partial charge in [-0.05, 0) is 45.4 Å². The van der Waals surface area contributed by atoms with Gasteiger partial charge in [0, 0.05) is 6.42 Å². The van der Waals surface area contributed by atoms with Gasteiger partial charge in [-0.25, -0.2) is 0 Å². The molecule has 0 heterocycles. The Bertz CT molecular complexity index is 438. The van der Waals surface area contributed by atoms with Gasteiger partial charge in [-0.3, -0.25) is 9.59 Å². The van der Waals surface area contributed by atoms with Crippen molar-refractivity contribution < 1.29 is 19.1 Å². The largest absolute Gasteiger partial charge is 0.465 e. The fourth-order valence-corrected chi connectivity index (χ4v) is 2.12. The van der Waals surface area contributed by atoms with E-state index in [9.17, 15) is 9.59 Å². The Labute approximate surface area is 146 Å². The van der Waals surface area contributed by atoms with Gasteiger partial charge in [-0.2, -0.15) is 5.26 Å². The first-order valence-corrected chi connectivity index (χ1v) is 8.73. The van der Waals surface area contributed by atoms with Gasteiger partial charge >= 0.3 is 11.9 Å². The van der Waals surface area contributed by atoms with E-state index in [-0.39, 0.29) is 12.8 Å². The SMILES string of the molecule is CC(C)(C)CCCCCOC(=O)C(CCC#N)C(=O)OC(C)(C)C. The lowest BCUT2D eigenvalue weighted by Crippen LogP contribution is -2.34. The van der Waals surface area contributed by atoms with Crippen molar-refractivity contribution in [2.45, 2.75) is 85.7 Å². The highest BCUT2D eigenvalue weighted by molar-refractivity contribution is 5.95. The molecule has 0 bridgehead atoms. The fraction of sp³-hybridized carbons (Fsp3) is 0.842. The number of ether oxygens (including phenoxy) is 2. The summed E-state index contributed by atoms with van der Waals surface area (Å²) in [5.41, 5.74) is -0.356. The molecule has 0 amide bonds. The van der Waals surface area contributed by atoms with Gasteiger partial charge in [-0.1, -0.05) is 33.6 Å². The summed E-state index contributed by atoms with van der Waals surface area (Å²) in [4.78, 5) is 24.3. The molecule has 0 rings (SSSR count). The molecule has 138 valence electrons. The molecule has 0 N–H and O–H groups in total.